The molecule has 1 aliphatic rings. The number of nitrogens with zero attached hydrogens (tertiary/aromatic N) is 1. The summed E-state index contributed by atoms with van der Waals surface area (Å²) in [5.74, 6) is 0.0954. The van der Waals surface area contributed by atoms with E-state index in [-0.39, 0.29) is 5.91 Å². The fraction of sp³-hybridized carbons (Fsp3) is 0.300. The Morgan fingerprint density at radius 3 is 2.96 bits per heavy atom. The molecule has 0 saturated heterocycles. The first-order chi connectivity index (χ1) is 12.2. The van der Waals surface area contributed by atoms with Crippen LogP contribution in [0.2, 0.25) is 5.02 Å². The molecule has 0 aliphatic heterocycles. The molecule has 0 fully saturated rings. The van der Waals surface area contributed by atoms with E-state index in [0.29, 0.717) is 23.0 Å². The van der Waals surface area contributed by atoms with E-state index < -0.39 is 0 Å². The van der Waals surface area contributed by atoms with Crippen LogP contribution < -0.4 is 5.32 Å². The third kappa shape index (κ3) is 3.54. The Labute approximate surface area is 150 Å². The van der Waals surface area contributed by atoms with E-state index >= 15 is 0 Å². The first kappa shape index (κ1) is 16.2. The Morgan fingerprint density at radius 2 is 2.12 bits per heavy atom. The molecule has 1 amide bonds. The second-order valence-electron chi connectivity index (χ2n) is 6.44. The number of benzene rings is 1. The van der Waals surface area contributed by atoms with Crippen molar-refractivity contribution in [3.63, 3.8) is 0 Å². The number of furan rings is 1. The van der Waals surface area contributed by atoms with Crippen LogP contribution in [0.25, 0.3) is 22.0 Å². The summed E-state index contributed by atoms with van der Waals surface area (Å²) in [5.41, 5.74) is 2.65. The first-order valence-electron chi connectivity index (χ1n) is 8.65. The molecule has 0 bridgehead atoms. The fourth-order valence-corrected chi connectivity index (χ4v) is 3.43. The minimum atomic E-state index is -0.198. The lowest BCUT2D eigenvalue weighted by Crippen LogP contribution is -2.24. The lowest BCUT2D eigenvalue weighted by Gasteiger charge is -2.12. The summed E-state index contributed by atoms with van der Waals surface area (Å²) in [6, 6.07) is 9.23. The van der Waals surface area contributed by atoms with E-state index in [9.17, 15) is 4.79 Å². The molecule has 0 unspecified atom stereocenters. The Balaban J connectivity index is 1.49. The highest BCUT2D eigenvalue weighted by Crippen LogP contribution is 2.25. The van der Waals surface area contributed by atoms with Crippen LogP contribution in [0.5, 0.6) is 0 Å². The van der Waals surface area contributed by atoms with Crippen molar-refractivity contribution in [2.75, 3.05) is 6.54 Å². The van der Waals surface area contributed by atoms with Gasteiger partial charge in [0, 0.05) is 22.3 Å². The van der Waals surface area contributed by atoms with Crippen LogP contribution in [0.15, 0.2) is 46.4 Å². The van der Waals surface area contributed by atoms with Crippen molar-refractivity contribution in [2.24, 2.45) is 0 Å². The molecule has 25 heavy (non-hydrogen) atoms. The average molecular weight is 355 g/mol. The van der Waals surface area contributed by atoms with Gasteiger partial charge >= 0.3 is 0 Å². The lowest BCUT2D eigenvalue weighted by atomic mass is 9.97. The van der Waals surface area contributed by atoms with Crippen molar-refractivity contribution in [3.05, 3.63) is 52.8 Å². The quantitative estimate of drug-likeness (QED) is 0.650. The van der Waals surface area contributed by atoms with E-state index in [1.165, 1.54) is 18.4 Å². The van der Waals surface area contributed by atoms with Crippen LogP contribution in [0.3, 0.4) is 0 Å². The van der Waals surface area contributed by atoms with Gasteiger partial charge in [-0.15, -0.1) is 0 Å². The van der Waals surface area contributed by atoms with Gasteiger partial charge in [0.15, 0.2) is 5.76 Å². The third-order valence-corrected chi connectivity index (χ3v) is 4.84. The van der Waals surface area contributed by atoms with Gasteiger partial charge in [-0.1, -0.05) is 29.3 Å². The monoisotopic (exact) mass is 354 g/mol. The number of aromatic nitrogens is 1. The van der Waals surface area contributed by atoms with Gasteiger partial charge in [0.2, 0.25) is 5.71 Å². The van der Waals surface area contributed by atoms with Crippen LogP contribution in [0, 0.1) is 0 Å². The van der Waals surface area contributed by atoms with Gasteiger partial charge < -0.3 is 9.73 Å². The zero-order valence-corrected chi connectivity index (χ0v) is 14.6. The SMILES string of the molecule is O=C(NCCC1=CCCCC1)c1cc2cc3ccc(Cl)cc3nc2o1. The van der Waals surface area contributed by atoms with Gasteiger partial charge in [-0.2, -0.15) is 0 Å². The Bertz CT molecular complexity index is 974. The molecule has 0 atom stereocenters. The fourth-order valence-electron chi connectivity index (χ4n) is 3.27. The molecule has 1 aromatic carbocycles. The summed E-state index contributed by atoms with van der Waals surface area (Å²) in [6.07, 6.45) is 8.06. The van der Waals surface area contributed by atoms with Crippen LogP contribution in [-0.2, 0) is 0 Å². The molecule has 128 valence electrons. The van der Waals surface area contributed by atoms with Crippen molar-refractivity contribution >= 4 is 39.5 Å². The standard InChI is InChI=1S/C20H19ClN2O2/c21-16-7-6-14-10-15-11-18(25-20(15)23-17(14)12-16)19(24)22-9-8-13-4-2-1-3-5-13/h4,6-7,10-12H,1-3,5,8-9H2,(H,22,24). The summed E-state index contributed by atoms with van der Waals surface area (Å²) >= 11 is 6.01. The molecule has 3 aromatic rings. The van der Waals surface area contributed by atoms with Crippen molar-refractivity contribution < 1.29 is 9.21 Å². The van der Waals surface area contributed by atoms with E-state index in [2.05, 4.69) is 16.4 Å². The molecule has 0 saturated carbocycles. The van der Waals surface area contributed by atoms with E-state index in [0.717, 1.165) is 35.6 Å². The summed E-state index contributed by atoms with van der Waals surface area (Å²) in [4.78, 5) is 16.8. The van der Waals surface area contributed by atoms with Gasteiger partial charge in [-0.25, -0.2) is 4.98 Å². The third-order valence-electron chi connectivity index (χ3n) is 4.61. The zero-order chi connectivity index (χ0) is 17.2. The summed E-state index contributed by atoms with van der Waals surface area (Å²) in [5, 5.41) is 5.34. The number of amides is 1. The molecule has 1 N–H and O–H groups in total. The number of carbonyl (C=O) groups is 1. The highest BCUT2D eigenvalue weighted by atomic mass is 35.5. The van der Waals surface area contributed by atoms with Crippen LogP contribution in [0.1, 0.15) is 42.7 Å². The maximum absolute atomic E-state index is 12.3. The molecular formula is C20H19ClN2O2. The summed E-state index contributed by atoms with van der Waals surface area (Å²) < 4.78 is 5.64. The molecule has 2 aromatic heterocycles. The normalized spacial score (nSPS) is 14.7. The number of fused-ring (bicyclic) bond motifs is 2. The van der Waals surface area contributed by atoms with Gasteiger partial charge in [0.1, 0.15) is 0 Å². The first-order valence-corrected chi connectivity index (χ1v) is 9.03. The minimum Gasteiger partial charge on any atom is -0.433 e. The highest BCUT2D eigenvalue weighted by molar-refractivity contribution is 6.31. The molecule has 1 aliphatic carbocycles. The van der Waals surface area contributed by atoms with Crippen molar-refractivity contribution in [1.29, 1.82) is 0 Å². The Hall–Kier alpha value is -2.33. The van der Waals surface area contributed by atoms with Crippen molar-refractivity contribution in [3.8, 4) is 0 Å². The van der Waals surface area contributed by atoms with Crippen molar-refractivity contribution in [1.82, 2.24) is 10.3 Å². The average Bonchev–Trinajstić information content (AvgIpc) is 3.03. The molecular weight excluding hydrogens is 336 g/mol. The number of hydrogen-bond donors (Lipinski definition) is 1. The maximum atomic E-state index is 12.3. The van der Waals surface area contributed by atoms with Gasteiger partial charge in [-0.05, 0) is 56.4 Å². The molecule has 4 nitrogen and oxygen atoms in total. The van der Waals surface area contributed by atoms with Gasteiger partial charge in [0.05, 0.1) is 5.52 Å². The van der Waals surface area contributed by atoms with E-state index in [1.54, 1.807) is 12.1 Å². The Morgan fingerprint density at radius 1 is 1.20 bits per heavy atom. The number of allylic oxidation sites excluding steroid dienone is 1. The van der Waals surface area contributed by atoms with E-state index in [4.69, 9.17) is 16.0 Å². The summed E-state index contributed by atoms with van der Waals surface area (Å²) in [7, 11) is 0. The lowest BCUT2D eigenvalue weighted by molar-refractivity contribution is 0.0928. The van der Waals surface area contributed by atoms with Crippen LogP contribution in [0.4, 0.5) is 0 Å². The van der Waals surface area contributed by atoms with E-state index in [1.807, 2.05) is 18.2 Å². The summed E-state index contributed by atoms with van der Waals surface area (Å²) in [6.45, 7) is 0.632. The molecule has 0 spiro atoms. The molecule has 2 heterocycles. The smallest absolute Gasteiger partial charge is 0.287 e. The Kier molecular flexibility index (Phi) is 4.45. The zero-order valence-electron chi connectivity index (χ0n) is 13.8. The van der Waals surface area contributed by atoms with Crippen LogP contribution >= 0.6 is 11.6 Å². The molecule has 4 rings (SSSR count). The number of halogens is 1. The second-order valence-corrected chi connectivity index (χ2v) is 6.88. The molecule has 5 heteroatoms. The maximum Gasteiger partial charge on any atom is 0.287 e. The number of carbonyl (C=O) groups excluding carboxylic acids is 1. The minimum absolute atomic E-state index is 0.198. The van der Waals surface area contributed by atoms with Gasteiger partial charge in [-0.3, -0.25) is 4.79 Å². The van der Waals surface area contributed by atoms with Crippen LogP contribution in [-0.4, -0.2) is 17.4 Å². The largest absolute Gasteiger partial charge is 0.433 e. The highest BCUT2D eigenvalue weighted by Gasteiger charge is 2.14. The number of rotatable bonds is 4. The van der Waals surface area contributed by atoms with Gasteiger partial charge in [0.25, 0.3) is 5.91 Å². The number of hydrogen-bond acceptors (Lipinski definition) is 3. The topological polar surface area (TPSA) is 55.1 Å². The predicted molar refractivity (Wildman–Crippen MR) is 100 cm³/mol. The molecule has 0 radical (unpaired) electrons. The second kappa shape index (κ2) is 6.89. The number of pyridine rings is 1. The number of nitrogens with one attached hydrogen (secondary N) is 1. The van der Waals surface area contributed by atoms with Crippen molar-refractivity contribution in [2.45, 2.75) is 32.1 Å². The predicted octanol–water partition coefficient (Wildman–Crippen LogP) is 5.25.